The van der Waals surface area contributed by atoms with Gasteiger partial charge in [-0.05, 0) is 17.4 Å². The van der Waals surface area contributed by atoms with Crippen molar-refractivity contribution in [1.29, 1.82) is 0 Å². The molecule has 76 valence electrons. The maximum atomic E-state index is 11.7. The molecule has 0 bridgehead atoms. The standard InChI is InChI=1S/C7H7N7O/c1-3-8-4-5(9-3)13(2)7(15)14-6(4)10-11-12-14/h1-2H3,(H,8,9). The molecule has 0 unspecified atom stereocenters. The number of imidazole rings is 1. The van der Waals surface area contributed by atoms with Crippen molar-refractivity contribution in [2.24, 2.45) is 7.05 Å². The van der Waals surface area contributed by atoms with Crippen LogP contribution in [-0.4, -0.2) is 34.6 Å². The second-order valence-electron chi connectivity index (χ2n) is 3.28. The molecule has 8 nitrogen and oxygen atoms in total. The van der Waals surface area contributed by atoms with Gasteiger partial charge in [0.25, 0.3) is 0 Å². The van der Waals surface area contributed by atoms with Gasteiger partial charge in [-0.15, -0.1) is 9.61 Å². The van der Waals surface area contributed by atoms with Gasteiger partial charge >= 0.3 is 5.69 Å². The van der Waals surface area contributed by atoms with Crippen molar-refractivity contribution in [3.8, 4) is 0 Å². The molecule has 0 atom stereocenters. The molecular weight excluding hydrogens is 198 g/mol. The van der Waals surface area contributed by atoms with E-state index in [9.17, 15) is 4.79 Å². The summed E-state index contributed by atoms with van der Waals surface area (Å²) in [6, 6.07) is 0. The fourth-order valence-corrected chi connectivity index (χ4v) is 1.58. The Hall–Kier alpha value is -2.25. The molecule has 3 aromatic heterocycles. The van der Waals surface area contributed by atoms with Crippen LogP contribution < -0.4 is 5.69 Å². The highest BCUT2D eigenvalue weighted by molar-refractivity contribution is 5.84. The molecule has 0 amide bonds. The molecule has 3 aromatic rings. The highest BCUT2D eigenvalue weighted by Gasteiger charge is 2.13. The van der Waals surface area contributed by atoms with E-state index >= 15 is 0 Å². The number of nitrogens with one attached hydrogen (secondary N) is 1. The molecule has 0 fully saturated rings. The molecule has 0 aliphatic heterocycles. The average Bonchev–Trinajstić information content (AvgIpc) is 2.79. The van der Waals surface area contributed by atoms with E-state index < -0.39 is 0 Å². The SMILES string of the molecule is Cc1nc2c([nH]1)c1nnnn1c(=O)n2C. The van der Waals surface area contributed by atoms with Crippen molar-refractivity contribution in [3.63, 3.8) is 0 Å². The summed E-state index contributed by atoms with van der Waals surface area (Å²) in [6.07, 6.45) is 0. The van der Waals surface area contributed by atoms with E-state index in [0.29, 0.717) is 16.8 Å². The molecule has 0 saturated carbocycles. The first-order chi connectivity index (χ1) is 7.18. The summed E-state index contributed by atoms with van der Waals surface area (Å²) >= 11 is 0. The Balaban J connectivity index is 2.75. The van der Waals surface area contributed by atoms with Crippen LogP contribution in [0.5, 0.6) is 0 Å². The molecule has 0 saturated heterocycles. The number of aromatic nitrogens is 7. The van der Waals surface area contributed by atoms with Gasteiger partial charge in [0, 0.05) is 7.05 Å². The molecule has 1 N–H and O–H groups in total. The van der Waals surface area contributed by atoms with Gasteiger partial charge in [0.2, 0.25) is 5.65 Å². The Morgan fingerprint density at radius 3 is 2.93 bits per heavy atom. The normalized spacial score (nSPS) is 11.6. The number of fused-ring (bicyclic) bond motifs is 3. The lowest BCUT2D eigenvalue weighted by Gasteiger charge is -1.97. The molecule has 3 rings (SSSR count). The second kappa shape index (κ2) is 2.41. The van der Waals surface area contributed by atoms with Crippen LogP contribution in [0.1, 0.15) is 5.82 Å². The van der Waals surface area contributed by atoms with E-state index in [1.165, 1.54) is 4.57 Å². The summed E-state index contributed by atoms with van der Waals surface area (Å²) in [5, 5.41) is 10.9. The van der Waals surface area contributed by atoms with E-state index in [1.807, 2.05) is 6.92 Å². The maximum absolute atomic E-state index is 11.7. The highest BCUT2D eigenvalue weighted by atomic mass is 16.2. The predicted molar refractivity (Wildman–Crippen MR) is 50.4 cm³/mol. The minimum absolute atomic E-state index is 0.311. The van der Waals surface area contributed by atoms with Crippen molar-refractivity contribution in [2.45, 2.75) is 6.92 Å². The molecule has 0 aliphatic rings. The first-order valence-electron chi connectivity index (χ1n) is 4.32. The maximum Gasteiger partial charge on any atom is 0.353 e. The third-order valence-corrected chi connectivity index (χ3v) is 2.28. The Bertz CT molecular complexity index is 718. The van der Waals surface area contributed by atoms with Gasteiger partial charge in [-0.3, -0.25) is 4.57 Å². The van der Waals surface area contributed by atoms with Gasteiger partial charge in [0.1, 0.15) is 11.3 Å². The van der Waals surface area contributed by atoms with Crippen LogP contribution in [0.3, 0.4) is 0 Å². The summed E-state index contributed by atoms with van der Waals surface area (Å²) in [5.74, 6) is 0.719. The summed E-state index contributed by atoms with van der Waals surface area (Å²) in [4.78, 5) is 19.0. The zero-order valence-electron chi connectivity index (χ0n) is 8.09. The fraction of sp³-hybridized carbons (Fsp3) is 0.286. The van der Waals surface area contributed by atoms with Gasteiger partial charge in [-0.2, -0.15) is 0 Å². The molecule has 0 radical (unpaired) electrons. The smallest absolute Gasteiger partial charge is 0.338 e. The first-order valence-corrected chi connectivity index (χ1v) is 4.32. The van der Waals surface area contributed by atoms with Crippen molar-refractivity contribution in [3.05, 3.63) is 16.3 Å². The van der Waals surface area contributed by atoms with Crippen LogP contribution >= 0.6 is 0 Å². The van der Waals surface area contributed by atoms with E-state index in [-0.39, 0.29) is 5.69 Å². The van der Waals surface area contributed by atoms with Crippen molar-refractivity contribution in [1.82, 2.24) is 34.6 Å². The lowest BCUT2D eigenvalue weighted by molar-refractivity contribution is 0.728. The summed E-state index contributed by atoms with van der Waals surface area (Å²) < 4.78 is 2.54. The second-order valence-corrected chi connectivity index (χ2v) is 3.28. The molecule has 3 heterocycles. The summed E-state index contributed by atoms with van der Waals surface area (Å²) in [6.45, 7) is 1.81. The van der Waals surface area contributed by atoms with Crippen LogP contribution in [0.4, 0.5) is 0 Å². The van der Waals surface area contributed by atoms with E-state index in [4.69, 9.17) is 0 Å². The highest BCUT2D eigenvalue weighted by Crippen LogP contribution is 2.11. The number of H-pyrrole nitrogens is 1. The minimum atomic E-state index is -0.311. The number of rotatable bonds is 0. The van der Waals surface area contributed by atoms with Gasteiger partial charge < -0.3 is 4.98 Å². The van der Waals surface area contributed by atoms with E-state index in [2.05, 4.69) is 25.5 Å². The van der Waals surface area contributed by atoms with Gasteiger partial charge in [-0.1, -0.05) is 0 Å². The largest absolute Gasteiger partial charge is 0.353 e. The first kappa shape index (κ1) is 8.09. The Morgan fingerprint density at radius 1 is 1.33 bits per heavy atom. The predicted octanol–water partition coefficient (Wildman–Crippen LogP) is -0.992. The van der Waals surface area contributed by atoms with Crippen molar-refractivity contribution >= 4 is 16.8 Å². The molecule has 15 heavy (non-hydrogen) atoms. The van der Waals surface area contributed by atoms with Crippen LogP contribution in [0.2, 0.25) is 0 Å². The van der Waals surface area contributed by atoms with Crippen molar-refractivity contribution in [2.75, 3.05) is 0 Å². The molecular formula is C7H7N7O. The van der Waals surface area contributed by atoms with Gasteiger partial charge in [0.15, 0.2) is 5.65 Å². The molecule has 8 heteroatoms. The van der Waals surface area contributed by atoms with Crippen LogP contribution in [-0.2, 0) is 7.05 Å². The topological polar surface area (TPSA) is 93.8 Å². The number of nitrogens with zero attached hydrogens (tertiary/aromatic N) is 6. The van der Waals surface area contributed by atoms with Gasteiger partial charge in [0.05, 0.1) is 0 Å². The number of hydrogen-bond acceptors (Lipinski definition) is 5. The van der Waals surface area contributed by atoms with E-state index in [0.717, 1.165) is 10.3 Å². The monoisotopic (exact) mass is 205 g/mol. The average molecular weight is 205 g/mol. The fourth-order valence-electron chi connectivity index (χ4n) is 1.58. The molecule has 0 aromatic carbocycles. The molecule has 0 aliphatic carbocycles. The Labute approximate surface area is 82.5 Å². The quantitative estimate of drug-likeness (QED) is 0.508. The van der Waals surface area contributed by atoms with Gasteiger partial charge in [-0.25, -0.2) is 9.78 Å². The number of tetrazole rings is 1. The zero-order chi connectivity index (χ0) is 10.6. The summed E-state index contributed by atoms with van der Waals surface area (Å²) in [5.41, 5.74) is 1.31. The van der Waals surface area contributed by atoms with Crippen LogP contribution in [0.15, 0.2) is 4.79 Å². The minimum Gasteiger partial charge on any atom is -0.338 e. The summed E-state index contributed by atoms with van der Waals surface area (Å²) in [7, 11) is 1.63. The zero-order valence-corrected chi connectivity index (χ0v) is 8.09. The van der Waals surface area contributed by atoms with Crippen LogP contribution in [0, 0.1) is 6.92 Å². The lowest BCUT2D eigenvalue weighted by atomic mass is 10.5. The number of aryl methyl sites for hydroxylation is 2. The Morgan fingerprint density at radius 2 is 2.13 bits per heavy atom. The van der Waals surface area contributed by atoms with E-state index in [1.54, 1.807) is 7.05 Å². The van der Waals surface area contributed by atoms with Crippen molar-refractivity contribution < 1.29 is 0 Å². The Kier molecular flexibility index (Phi) is 1.30. The van der Waals surface area contributed by atoms with Crippen LogP contribution in [0.25, 0.3) is 16.8 Å². The lowest BCUT2D eigenvalue weighted by Crippen LogP contribution is -2.25. The third kappa shape index (κ3) is 0.874. The number of hydrogen-bond donors (Lipinski definition) is 1. The molecule has 0 spiro atoms. The number of aromatic amines is 1. The third-order valence-electron chi connectivity index (χ3n) is 2.28.